The number of benzene rings is 1. The van der Waals surface area contributed by atoms with E-state index in [4.69, 9.17) is 4.74 Å². The van der Waals surface area contributed by atoms with Crippen LogP contribution in [0.1, 0.15) is 48.6 Å². The largest absolute Gasteiger partial charge is 0.497 e. The average molecular weight is 502 g/mol. The van der Waals surface area contributed by atoms with Gasteiger partial charge in [-0.05, 0) is 43.4 Å². The van der Waals surface area contributed by atoms with Crippen LogP contribution in [0.3, 0.4) is 0 Å². The number of ether oxygens (including phenoxy) is 1. The summed E-state index contributed by atoms with van der Waals surface area (Å²) in [7, 11) is 1.69. The van der Waals surface area contributed by atoms with Crippen LogP contribution in [0.25, 0.3) is 0 Å². The van der Waals surface area contributed by atoms with E-state index in [1.165, 1.54) is 10.4 Å². The molecule has 0 bridgehead atoms. The van der Waals surface area contributed by atoms with Crippen molar-refractivity contribution in [1.82, 2.24) is 15.6 Å². The summed E-state index contributed by atoms with van der Waals surface area (Å²) in [5.41, 5.74) is 1.32. The SMILES string of the molecule is CCNC(=NCc1ncc(CC)s1)NCCC(C)c1ccc(OC)cc1.I. The Morgan fingerprint density at radius 1 is 1.22 bits per heavy atom. The number of nitrogens with one attached hydrogen (secondary N) is 2. The highest BCUT2D eigenvalue weighted by molar-refractivity contribution is 14.0. The molecule has 1 atom stereocenters. The second kappa shape index (κ2) is 12.9. The minimum Gasteiger partial charge on any atom is -0.497 e. The molecule has 150 valence electrons. The fraction of sp³-hybridized carbons (Fsp3) is 0.500. The molecule has 1 aromatic carbocycles. The summed E-state index contributed by atoms with van der Waals surface area (Å²) in [5, 5.41) is 7.79. The van der Waals surface area contributed by atoms with E-state index in [-0.39, 0.29) is 24.0 Å². The first-order valence-electron chi connectivity index (χ1n) is 9.26. The summed E-state index contributed by atoms with van der Waals surface area (Å²) in [4.78, 5) is 10.4. The topological polar surface area (TPSA) is 58.5 Å². The van der Waals surface area contributed by atoms with Crippen molar-refractivity contribution in [3.8, 4) is 5.75 Å². The third-order valence-electron chi connectivity index (χ3n) is 4.22. The summed E-state index contributed by atoms with van der Waals surface area (Å²) in [6, 6.07) is 8.31. The third kappa shape index (κ3) is 8.04. The van der Waals surface area contributed by atoms with E-state index in [2.05, 4.69) is 53.5 Å². The predicted molar refractivity (Wildman–Crippen MR) is 126 cm³/mol. The maximum atomic E-state index is 5.22. The van der Waals surface area contributed by atoms with Gasteiger partial charge in [0.25, 0.3) is 0 Å². The van der Waals surface area contributed by atoms with Gasteiger partial charge in [-0.1, -0.05) is 26.0 Å². The van der Waals surface area contributed by atoms with Gasteiger partial charge in [0.1, 0.15) is 10.8 Å². The van der Waals surface area contributed by atoms with E-state index >= 15 is 0 Å². The van der Waals surface area contributed by atoms with Gasteiger partial charge in [-0.25, -0.2) is 9.98 Å². The number of aliphatic imine (C=N–C) groups is 1. The molecule has 7 heteroatoms. The van der Waals surface area contributed by atoms with Crippen LogP contribution in [-0.4, -0.2) is 31.1 Å². The number of nitrogens with zero attached hydrogens (tertiary/aromatic N) is 2. The van der Waals surface area contributed by atoms with Gasteiger partial charge in [0.2, 0.25) is 0 Å². The molecule has 0 aliphatic rings. The van der Waals surface area contributed by atoms with Crippen molar-refractivity contribution >= 4 is 41.3 Å². The molecule has 0 aliphatic heterocycles. The highest BCUT2D eigenvalue weighted by Gasteiger charge is 2.07. The van der Waals surface area contributed by atoms with E-state index in [9.17, 15) is 0 Å². The summed E-state index contributed by atoms with van der Waals surface area (Å²) < 4.78 is 5.22. The number of hydrogen-bond donors (Lipinski definition) is 2. The van der Waals surface area contributed by atoms with Crippen LogP contribution < -0.4 is 15.4 Å². The Hall–Kier alpha value is -1.35. The van der Waals surface area contributed by atoms with E-state index in [0.717, 1.165) is 42.6 Å². The molecule has 0 saturated carbocycles. The molecule has 27 heavy (non-hydrogen) atoms. The van der Waals surface area contributed by atoms with Crippen molar-refractivity contribution in [2.45, 2.75) is 46.1 Å². The van der Waals surface area contributed by atoms with Gasteiger partial charge >= 0.3 is 0 Å². The van der Waals surface area contributed by atoms with E-state index in [1.807, 2.05) is 18.3 Å². The maximum Gasteiger partial charge on any atom is 0.191 e. The number of aryl methyl sites for hydroxylation is 1. The van der Waals surface area contributed by atoms with Crippen molar-refractivity contribution < 1.29 is 4.74 Å². The van der Waals surface area contributed by atoms with Gasteiger partial charge in [-0.15, -0.1) is 35.3 Å². The minimum absolute atomic E-state index is 0. The molecule has 2 rings (SSSR count). The molecular weight excluding hydrogens is 471 g/mol. The molecule has 1 heterocycles. The molecule has 0 spiro atoms. The molecule has 0 radical (unpaired) electrons. The first-order chi connectivity index (χ1) is 12.7. The van der Waals surface area contributed by atoms with E-state index in [1.54, 1.807) is 18.4 Å². The van der Waals surface area contributed by atoms with Gasteiger partial charge in [-0.2, -0.15) is 0 Å². The lowest BCUT2D eigenvalue weighted by molar-refractivity contribution is 0.414. The van der Waals surface area contributed by atoms with Gasteiger partial charge < -0.3 is 15.4 Å². The highest BCUT2D eigenvalue weighted by atomic mass is 127. The van der Waals surface area contributed by atoms with Crippen LogP contribution >= 0.6 is 35.3 Å². The van der Waals surface area contributed by atoms with Gasteiger partial charge in [0.05, 0.1) is 13.7 Å². The maximum absolute atomic E-state index is 5.22. The number of aromatic nitrogens is 1. The Morgan fingerprint density at radius 3 is 2.56 bits per heavy atom. The monoisotopic (exact) mass is 502 g/mol. The molecule has 2 N–H and O–H groups in total. The van der Waals surface area contributed by atoms with Crippen molar-refractivity contribution in [1.29, 1.82) is 0 Å². The smallest absolute Gasteiger partial charge is 0.191 e. The van der Waals surface area contributed by atoms with Crippen LogP contribution in [0.2, 0.25) is 0 Å². The molecule has 5 nitrogen and oxygen atoms in total. The lowest BCUT2D eigenvalue weighted by Gasteiger charge is -2.15. The first kappa shape index (κ1) is 23.7. The zero-order chi connectivity index (χ0) is 18.8. The van der Waals surface area contributed by atoms with Crippen LogP contribution in [-0.2, 0) is 13.0 Å². The fourth-order valence-corrected chi connectivity index (χ4v) is 3.37. The van der Waals surface area contributed by atoms with Crippen LogP contribution in [0, 0.1) is 0 Å². The van der Waals surface area contributed by atoms with Crippen molar-refractivity contribution in [2.24, 2.45) is 4.99 Å². The summed E-state index contributed by atoms with van der Waals surface area (Å²) in [6.07, 6.45) is 4.02. The zero-order valence-corrected chi connectivity index (χ0v) is 19.8. The number of hydrogen-bond acceptors (Lipinski definition) is 4. The molecule has 0 saturated heterocycles. The average Bonchev–Trinajstić information content (AvgIpc) is 3.14. The second-order valence-corrected chi connectivity index (χ2v) is 7.36. The number of methoxy groups -OCH3 is 1. The third-order valence-corrected chi connectivity index (χ3v) is 5.35. The number of guanidine groups is 1. The number of halogens is 1. The molecule has 1 unspecified atom stereocenters. The molecular formula is C20H31IN4OS. The number of thiazole rings is 1. The van der Waals surface area contributed by atoms with Crippen LogP contribution in [0.5, 0.6) is 5.75 Å². The Balaban J connectivity index is 0.00000364. The van der Waals surface area contributed by atoms with Crippen LogP contribution in [0.4, 0.5) is 0 Å². The van der Waals surface area contributed by atoms with Gasteiger partial charge in [-0.3, -0.25) is 0 Å². The summed E-state index contributed by atoms with van der Waals surface area (Å²) >= 11 is 1.74. The first-order valence-corrected chi connectivity index (χ1v) is 10.1. The van der Waals surface area contributed by atoms with Crippen LogP contribution in [0.15, 0.2) is 35.5 Å². The van der Waals surface area contributed by atoms with Crippen molar-refractivity contribution in [2.75, 3.05) is 20.2 Å². The van der Waals surface area contributed by atoms with Gasteiger partial charge in [0, 0.05) is 24.2 Å². The number of rotatable bonds is 9. The standard InChI is InChI=1S/C20H30N4OS.HI/c1-5-18-13-23-19(26-18)14-24-20(21-6-2)22-12-11-15(3)16-7-9-17(25-4)10-8-16;/h7-10,13,15H,5-6,11-12,14H2,1-4H3,(H2,21,22,24);1H. The zero-order valence-electron chi connectivity index (χ0n) is 16.6. The minimum atomic E-state index is 0. The molecule has 0 amide bonds. The highest BCUT2D eigenvalue weighted by Crippen LogP contribution is 2.21. The van der Waals surface area contributed by atoms with Gasteiger partial charge in [0.15, 0.2) is 5.96 Å². The predicted octanol–water partition coefficient (Wildman–Crippen LogP) is 4.58. The lowest BCUT2D eigenvalue weighted by Crippen LogP contribution is -2.38. The summed E-state index contributed by atoms with van der Waals surface area (Å²) in [5.74, 6) is 2.22. The lowest BCUT2D eigenvalue weighted by atomic mass is 9.98. The van der Waals surface area contributed by atoms with Crippen molar-refractivity contribution in [3.05, 3.63) is 45.9 Å². The Bertz CT molecular complexity index is 688. The molecule has 0 fully saturated rings. The molecule has 0 aliphatic carbocycles. The quantitative estimate of drug-likeness (QED) is 0.300. The second-order valence-electron chi connectivity index (χ2n) is 6.16. The Morgan fingerprint density at radius 2 is 1.96 bits per heavy atom. The van der Waals surface area contributed by atoms with E-state index in [0.29, 0.717) is 12.5 Å². The summed E-state index contributed by atoms with van der Waals surface area (Å²) in [6.45, 7) is 8.81. The van der Waals surface area contributed by atoms with Crippen molar-refractivity contribution in [3.63, 3.8) is 0 Å². The molecule has 2 aromatic rings. The molecule has 1 aromatic heterocycles. The Kier molecular flexibility index (Phi) is 11.3. The Labute approximate surface area is 184 Å². The normalized spacial score (nSPS) is 12.2. The van der Waals surface area contributed by atoms with E-state index < -0.39 is 0 Å². The fourth-order valence-electron chi connectivity index (χ4n) is 2.58.